The molecule has 0 saturated carbocycles. The Balaban J connectivity index is 2.95. The van der Waals surface area contributed by atoms with Gasteiger partial charge in [-0.2, -0.15) is 0 Å². The lowest BCUT2D eigenvalue weighted by molar-refractivity contribution is 0.287. The summed E-state index contributed by atoms with van der Waals surface area (Å²) in [5, 5.41) is 3.28. The second kappa shape index (κ2) is 8.44. The van der Waals surface area contributed by atoms with Crippen LogP contribution in [0.1, 0.15) is 38.3 Å². The van der Waals surface area contributed by atoms with Gasteiger partial charge in [-0.15, -0.1) is 12.3 Å². The highest BCUT2D eigenvalue weighted by molar-refractivity contribution is 5.44. The molecule has 0 fully saturated rings. The molecule has 1 unspecified atom stereocenters. The van der Waals surface area contributed by atoms with E-state index < -0.39 is 0 Å². The molecule has 0 spiro atoms. The van der Waals surface area contributed by atoms with Crippen molar-refractivity contribution in [3.63, 3.8) is 0 Å². The highest BCUT2D eigenvalue weighted by Crippen LogP contribution is 2.31. The molecule has 1 aromatic carbocycles. The monoisotopic (exact) mass is 261 g/mol. The van der Waals surface area contributed by atoms with E-state index in [2.05, 4.69) is 17.3 Å². The van der Waals surface area contributed by atoms with Gasteiger partial charge in [0.2, 0.25) is 0 Å². The maximum absolute atomic E-state index is 5.64. The van der Waals surface area contributed by atoms with E-state index in [4.69, 9.17) is 15.9 Å². The first-order valence-electron chi connectivity index (χ1n) is 6.77. The predicted octanol–water partition coefficient (Wildman–Crippen LogP) is 3.16. The third-order valence-electron chi connectivity index (χ3n) is 2.90. The fourth-order valence-electron chi connectivity index (χ4n) is 1.99. The van der Waals surface area contributed by atoms with Crippen molar-refractivity contribution in [2.24, 2.45) is 0 Å². The Hall–Kier alpha value is -1.66. The first-order chi connectivity index (χ1) is 9.26. The normalized spacial score (nSPS) is 11.7. The standard InChI is InChI=1S/C16H23NO2/c1-5-8-9-14(17-4)13-10-11-15(18-6-2)16(12-13)19-7-3/h1,10-12,14,17H,6-9H2,2-4H3. The molecule has 19 heavy (non-hydrogen) atoms. The van der Waals surface area contributed by atoms with Crippen LogP contribution in [0.2, 0.25) is 0 Å². The summed E-state index contributed by atoms with van der Waals surface area (Å²) in [6.45, 7) is 5.19. The summed E-state index contributed by atoms with van der Waals surface area (Å²) in [5.74, 6) is 4.26. The summed E-state index contributed by atoms with van der Waals surface area (Å²) < 4.78 is 11.2. The summed E-state index contributed by atoms with van der Waals surface area (Å²) in [5.41, 5.74) is 1.17. The van der Waals surface area contributed by atoms with Gasteiger partial charge in [-0.3, -0.25) is 0 Å². The molecule has 0 amide bonds. The minimum Gasteiger partial charge on any atom is -0.490 e. The fourth-order valence-corrected chi connectivity index (χ4v) is 1.99. The molecular formula is C16H23NO2. The largest absolute Gasteiger partial charge is 0.490 e. The number of benzene rings is 1. The molecule has 0 radical (unpaired) electrons. The van der Waals surface area contributed by atoms with Crippen molar-refractivity contribution in [1.82, 2.24) is 5.32 Å². The summed E-state index contributed by atoms with van der Waals surface area (Å²) in [6.07, 6.45) is 6.99. The molecule has 1 aromatic rings. The molecule has 0 saturated heterocycles. The van der Waals surface area contributed by atoms with Crippen molar-refractivity contribution in [1.29, 1.82) is 0 Å². The Kier molecular flexibility index (Phi) is 6.84. The molecule has 3 heteroatoms. The molecule has 0 aromatic heterocycles. The van der Waals surface area contributed by atoms with Gasteiger partial charge < -0.3 is 14.8 Å². The van der Waals surface area contributed by atoms with Crippen LogP contribution in [0.25, 0.3) is 0 Å². The van der Waals surface area contributed by atoms with E-state index in [0.29, 0.717) is 13.2 Å². The zero-order valence-electron chi connectivity index (χ0n) is 12.0. The van der Waals surface area contributed by atoms with E-state index in [1.165, 1.54) is 5.56 Å². The van der Waals surface area contributed by atoms with Gasteiger partial charge in [-0.1, -0.05) is 6.07 Å². The third kappa shape index (κ3) is 4.50. The van der Waals surface area contributed by atoms with Gasteiger partial charge in [0.25, 0.3) is 0 Å². The molecule has 0 aliphatic carbocycles. The van der Waals surface area contributed by atoms with E-state index in [1.807, 2.05) is 33.0 Å². The maximum atomic E-state index is 5.64. The minimum atomic E-state index is 0.242. The first-order valence-corrected chi connectivity index (χ1v) is 6.77. The lowest BCUT2D eigenvalue weighted by Crippen LogP contribution is -2.16. The summed E-state index contributed by atoms with van der Waals surface area (Å²) in [6, 6.07) is 6.30. The van der Waals surface area contributed by atoms with Crippen LogP contribution >= 0.6 is 0 Å². The SMILES string of the molecule is C#CCCC(NC)c1ccc(OCC)c(OCC)c1. The van der Waals surface area contributed by atoms with Crippen LogP contribution in [0.3, 0.4) is 0 Å². The Morgan fingerprint density at radius 1 is 1.21 bits per heavy atom. The Bertz CT molecular complexity index is 423. The van der Waals surface area contributed by atoms with Gasteiger partial charge in [0.15, 0.2) is 11.5 Å². The fraction of sp³-hybridized carbons (Fsp3) is 0.500. The highest BCUT2D eigenvalue weighted by atomic mass is 16.5. The van der Waals surface area contributed by atoms with Crippen LogP contribution in [0.15, 0.2) is 18.2 Å². The zero-order valence-corrected chi connectivity index (χ0v) is 12.0. The van der Waals surface area contributed by atoms with Crippen molar-refractivity contribution in [3.8, 4) is 23.8 Å². The smallest absolute Gasteiger partial charge is 0.161 e. The lowest BCUT2D eigenvalue weighted by atomic mass is 10.0. The second-order valence-electron chi connectivity index (χ2n) is 4.16. The van der Waals surface area contributed by atoms with Crippen molar-refractivity contribution >= 4 is 0 Å². The quantitative estimate of drug-likeness (QED) is 0.729. The molecule has 0 bridgehead atoms. The van der Waals surface area contributed by atoms with Crippen LogP contribution in [0, 0.1) is 12.3 Å². The molecule has 1 rings (SSSR count). The Labute approximate surface area is 116 Å². The topological polar surface area (TPSA) is 30.5 Å². The van der Waals surface area contributed by atoms with Crippen molar-refractivity contribution in [2.45, 2.75) is 32.7 Å². The number of rotatable bonds is 8. The first kappa shape index (κ1) is 15.4. The lowest BCUT2D eigenvalue weighted by Gasteiger charge is -2.18. The molecule has 0 aliphatic rings. The van der Waals surface area contributed by atoms with E-state index in [0.717, 1.165) is 24.3 Å². The number of ether oxygens (including phenoxy) is 2. The van der Waals surface area contributed by atoms with E-state index in [-0.39, 0.29) is 6.04 Å². The molecular weight excluding hydrogens is 238 g/mol. The molecule has 0 aliphatic heterocycles. The van der Waals surface area contributed by atoms with Crippen LogP contribution in [0.4, 0.5) is 0 Å². The van der Waals surface area contributed by atoms with Gasteiger partial charge in [-0.25, -0.2) is 0 Å². The maximum Gasteiger partial charge on any atom is 0.161 e. The molecule has 1 N–H and O–H groups in total. The van der Waals surface area contributed by atoms with E-state index in [1.54, 1.807) is 0 Å². The molecule has 104 valence electrons. The molecule has 0 heterocycles. The summed E-state index contributed by atoms with van der Waals surface area (Å²) in [4.78, 5) is 0. The minimum absolute atomic E-state index is 0.242. The third-order valence-corrected chi connectivity index (χ3v) is 2.90. The van der Waals surface area contributed by atoms with Gasteiger partial charge in [0, 0.05) is 12.5 Å². The van der Waals surface area contributed by atoms with Crippen LogP contribution in [-0.4, -0.2) is 20.3 Å². The number of hydrogen-bond donors (Lipinski definition) is 1. The van der Waals surface area contributed by atoms with Crippen LogP contribution < -0.4 is 14.8 Å². The Morgan fingerprint density at radius 3 is 2.47 bits per heavy atom. The van der Waals surface area contributed by atoms with Crippen molar-refractivity contribution < 1.29 is 9.47 Å². The predicted molar refractivity (Wildman–Crippen MR) is 78.6 cm³/mol. The number of hydrogen-bond acceptors (Lipinski definition) is 3. The Morgan fingerprint density at radius 2 is 1.89 bits per heavy atom. The van der Waals surface area contributed by atoms with E-state index >= 15 is 0 Å². The van der Waals surface area contributed by atoms with E-state index in [9.17, 15) is 0 Å². The highest BCUT2D eigenvalue weighted by Gasteiger charge is 2.12. The van der Waals surface area contributed by atoms with Gasteiger partial charge in [0.05, 0.1) is 13.2 Å². The molecule has 3 nitrogen and oxygen atoms in total. The second-order valence-corrected chi connectivity index (χ2v) is 4.16. The van der Waals surface area contributed by atoms with Crippen LogP contribution in [0.5, 0.6) is 11.5 Å². The van der Waals surface area contributed by atoms with Crippen LogP contribution in [-0.2, 0) is 0 Å². The van der Waals surface area contributed by atoms with Gasteiger partial charge in [-0.05, 0) is 45.0 Å². The summed E-state index contributed by atoms with van der Waals surface area (Å²) in [7, 11) is 1.94. The van der Waals surface area contributed by atoms with Crippen molar-refractivity contribution in [3.05, 3.63) is 23.8 Å². The summed E-state index contributed by atoms with van der Waals surface area (Å²) >= 11 is 0. The van der Waals surface area contributed by atoms with Gasteiger partial charge >= 0.3 is 0 Å². The van der Waals surface area contributed by atoms with Crippen molar-refractivity contribution in [2.75, 3.05) is 20.3 Å². The average molecular weight is 261 g/mol. The van der Waals surface area contributed by atoms with Gasteiger partial charge in [0.1, 0.15) is 0 Å². The zero-order chi connectivity index (χ0) is 14.1. The number of nitrogens with one attached hydrogen (secondary N) is 1. The molecule has 1 atom stereocenters. The average Bonchev–Trinajstić information content (AvgIpc) is 2.43. The number of terminal acetylenes is 1.